The van der Waals surface area contributed by atoms with E-state index in [1.165, 1.54) is 6.08 Å². The number of allylic oxidation sites excluding steroid dienone is 4. The zero-order chi connectivity index (χ0) is 22.0. The van der Waals surface area contributed by atoms with Gasteiger partial charge in [0.25, 0.3) is 0 Å². The van der Waals surface area contributed by atoms with Crippen molar-refractivity contribution in [3.63, 3.8) is 0 Å². The lowest BCUT2D eigenvalue weighted by Gasteiger charge is -2.35. The molecule has 8 heteroatoms. The van der Waals surface area contributed by atoms with Gasteiger partial charge in [-0.3, -0.25) is 9.69 Å². The molecule has 2 aliphatic heterocycles. The van der Waals surface area contributed by atoms with Crippen molar-refractivity contribution < 1.29 is 23.1 Å². The predicted octanol–water partition coefficient (Wildman–Crippen LogP) is 3.23. The van der Waals surface area contributed by atoms with Gasteiger partial charge in [0.2, 0.25) is 5.91 Å². The van der Waals surface area contributed by atoms with E-state index in [1.807, 2.05) is 6.07 Å². The number of hydrogen-bond donors (Lipinski definition) is 0. The van der Waals surface area contributed by atoms with Crippen LogP contribution in [0.15, 0.2) is 41.8 Å². The van der Waals surface area contributed by atoms with Crippen molar-refractivity contribution in [3.8, 4) is 6.07 Å². The van der Waals surface area contributed by atoms with Crippen molar-refractivity contribution in [2.24, 2.45) is 5.92 Å². The fourth-order valence-electron chi connectivity index (χ4n) is 4.19. The van der Waals surface area contributed by atoms with E-state index in [1.54, 1.807) is 34.1 Å². The van der Waals surface area contributed by atoms with Gasteiger partial charge in [-0.1, -0.05) is 12.1 Å². The zero-order valence-electron chi connectivity index (χ0n) is 17.0. The van der Waals surface area contributed by atoms with Gasteiger partial charge < -0.3 is 9.64 Å². The van der Waals surface area contributed by atoms with Crippen molar-refractivity contribution in [1.29, 1.82) is 5.26 Å². The molecule has 1 aromatic carbocycles. The second-order valence-corrected chi connectivity index (χ2v) is 8.10. The first-order valence-corrected chi connectivity index (χ1v) is 10.4. The van der Waals surface area contributed by atoms with E-state index >= 15 is 0 Å². The number of carbonyl (C=O) groups excluding carboxylic acids is 2. The Morgan fingerprint density at radius 3 is 2.90 bits per heavy atom. The summed E-state index contributed by atoms with van der Waals surface area (Å²) >= 11 is 0. The number of piperazine rings is 1. The molecule has 4 rings (SSSR count). The molecule has 1 saturated heterocycles. The maximum Gasteiger partial charge on any atom is 0.338 e. The number of carbonyl (C=O) groups is 2. The summed E-state index contributed by atoms with van der Waals surface area (Å²) in [6.45, 7) is 2.01. The molecular formula is C23H23F2N3O3. The summed E-state index contributed by atoms with van der Waals surface area (Å²) in [6, 6.07) is 6.70. The highest BCUT2D eigenvalue weighted by Gasteiger charge is 2.28. The Bertz CT molecular complexity index is 998. The summed E-state index contributed by atoms with van der Waals surface area (Å²) in [5, 5.41) is 8.96. The highest BCUT2D eigenvalue weighted by Crippen LogP contribution is 2.28. The van der Waals surface area contributed by atoms with Crippen LogP contribution in [0.25, 0.3) is 0 Å². The minimum atomic E-state index is -1.26. The van der Waals surface area contributed by atoms with Crippen LogP contribution in [0.2, 0.25) is 0 Å². The van der Waals surface area contributed by atoms with E-state index in [2.05, 4.69) is 0 Å². The number of nitriles is 1. The predicted molar refractivity (Wildman–Crippen MR) is 108 cm³/mol. The number of amides is 1. The fraction of sp³-hybridized carbons (Fsp3) is 0.435. The lowest BCUT2D eigenvalue weighted by Crippen LogP contribution is -2.51. The Hall–Kier alpha value is -3.05. The average molecular weight is 427 g/mol. The lowest BCUT2D eigenvalue weighted by atomic mass is 9.93. The van der Waals surface area contributed by atoms with Gasteiger partial charge in [-0.2, -0.15) is 5.26 Å². The van der Waals surface area contributed by atoms with E-state index in [-0.39, 0.29) is 43.1 Å². The molecule has 31 heavy (non-hydrogen) atoms. The Kier molecular flexibility index (Phi) is 6.14. The van der Waals surface area contributed by atoms with E-state index in [4.69, 9.17) is 10.00 Å². The van der Waals surface area contributed by atoms with E-state index in [0.29, 0.717) is 49.2 Å². The van der Waals surface area contributed by atoms with Crippen LogP contribution in [0.3, 0.4) is 0 Å². The normalized spacial score (nSPS) is 22.4. The molecule has 0 N–H and O–H groups in total. The first-order valence-electron chi connectivity index (χ1n) is 10.4. The first kappa shape index (κ1) is 21.2. The number of ether oxygens (including phenoxy) is 1. The number of esters is 1. The number of rotatable bonds is 6. The van der Waals surface area contributed by atoms with E-state index < -0.39 is 12.0 Å². The lowest BCUT2D eigenvalue weighted by molar-refractivity contribution is -0.136. The van der Waals surface area contributed by atoms with E-state index in [9.17, 15) is 18.4 Å². The molecule has 1 aromatic rings. The third kappa shape index (κ3) is 4.67. The minimum absolute atomic E-state index is 0.0332. The van der Waals surface area contributed by atoms with Gasteiger partial charge in [-0.25, -0.2) is 13.6 Å². The standard InChI is InChI=1S/C23H23F2N3O3/c24-20-4-1-15(9-17(20)11-26)5-6-28-8-7-27(13-22(28)29)12-21(25)16-2-3-19-18(10-16)14-31-23(19)30/h2-4,9-10,15,21H,1,5-8,12-14H2. The second kappa shape index (κ2) is 8.98. The van der Waals surface area contributed by atoms with Crippen molar-refractivity contribution in [2.45, 2.75) is 25.6 Å². The summed E-state index contributed by atoms with van der Waals surface area (Å²) in [5.74, 6) is -0.890. The Morgan fingerprint density at radius 2 is 2.13 bits per heavy atom. The highest BCUT2D eigenvalue weighted by molar-refractivity contribution is 5.93. The number of nitrogens with zero attached hydrogens (tertiary/aromatic N) is 3. The van der Waals surface area contributed by atoms with Crippen molar-refractivity contribution in [1.82, 2.24) is 9.80 Å². The van der Waals surface area contributed by atoms with Gasteiger partial charge in [0, 0.05) is 31.7 Å². The molecule has 2 heterocycles. The quantitative estimate of drug-likeness (QED) is 0.652. The minimum Gasteiger partial charge on any atom is -0.457 e. The first-order chi connectivity index (χ1) is 14.9. The number of halogens is 2. The second-order valence-electron chi connectivity index (χ2n) is 8.10. The maximum atomic E-state index is 14.8. The molecule has 0 aromatic heterocycles. The average Bonchev–Trinajstić information content (AvgIpc) is 3.14. The maximum absolute atomic E-state index is 14.8. The van der Waals surface area contributed by atoms with Gasteiger partial charge in [0.05, 0.1) is 17.7 Å². The molecule has 0 saturated carbocycles. The summed E-state index contributed by atoms with van der Waals surface area (Å²) in [7, 11) is 0. The number of alkyl halides is 1. The van der Waals surface area contributed by atoms with Crippen LogP contribution in [0.1, 0.15) is 40.5 Å². The van der Waals surface area contributed by atoms with Crippen molar-refractivity contribution >= 4 is 11.9 Å². The number of benzene rings is 1. The van der Waals surface area contributed by atoms with Crippen LogP contribution in [-0.2, 0) is 16.1 Å². The van der Waals surface area contributed by atoms with Gasteiger partial charge in [0.15, 0.2) is 0 Å². The Balaban J connectivity index is 1.27. The van der Waals surface area contributed by atoms with Gasteiger partial charge >= 0.3 is 5.97 Å². The van der Waals surface area contributed by atoms with Crippen LogP contribution in [0.4, 0.5) is 8.78 Å². The van der Waals surface area contributed by atoms with Crippen molar-refractivity contribution in [3.05, 3.63) is 58.4 Å². The van der Waals surface area contributed by atoms with E-state index in [0.717, 1.165) is 0 Å². The molecule has 6 nitrogen and oxygen atoms in total. The van der Waals surface area contributed by atoms with Crippen LogP contribution in [0.5, 0.6) is 0 Å². The molecule has 1 aliphatic carbocycles. The third-order valence-corrected chi connectivity index (χ3v) is 6.04. The zero-order valence-corrected chi connectivity index (χ0v) is 17.0. The summed E-state index contributed by atoms with van der Waals surface area (Å²) < 4.78 is 33.3. The molecule has 2 unspecified atom stereocenters. The number of fused-ring (bicyclic) bond motifs is 1. The molecule has 0 radical (unpaired) electrons. The topological polar surface area (TPSA) is 73.6 Å². The van der Waals surface area contributed by atoms with Gasteiger partial charge in [-0.15, -0.1) is 0 Å². The molecule has 1 amide bonds. The largest absolute Gasteiger partial charge is 0.457 e. The molecule has 0 spiro atoms. The fourth-order valence-corrected chi connectivity index (χ4v) is 4.19. The molecule has 0 bridgehead atoms. The summed E-state index contributed by atoms with van der Waals surface area (Å²) in [6.07, 6.45) is 2.97. The third-order valence-electron chi connectivity index (χ3n) is 6.04. The van der Waals surface area contributed by atoms with Gasteiger partial charge in [-0.05, 0) is 42.5 Å². The molecular weight excluding hydrogens is 404 g/mol. The Morgan fingerprint density at radius 1 is 1.29 bits per heavy atom. The Labute approximate surface area is 179 Å². The molecule has 3 aliphatic rings. The van der Waals surface area contributed by atoms with Gasteiger partial charge in [0.1, 0.15) is 24.7 Å². The monoisotopic (exact) mass is 427 g/mol. The van der Waals surface area contributed by atoms with Crippen LogP contribution in [-0.4, -0.2) is 54.4 Å². The van der Waals surface area contributed by atoms with Crippen LogP contribution >= 0.6 is 0 Å². The summed E-state index contributed by atoms with van der Waals surface area (Å²) in [5.41, 5.74) is 1.71. The SMILES string of the molecule is N#CC1=CC(CCN2CCN(CC(F)c3ccc4c(c3)COC4=O)CC2=O)CC=C1F. The number of hydrogen-bond acceptors (Lipinski definition) is 5. The molecule has 1 fully saturated rings. The highest BCUT2D eigenvalue weighted by atomic mass is 19.1. The number of cyclic esters (lactones) is 1. The summed E-state index contributed by atoms with van der Waals surface area (Å²) in [4.78, 5) is 27.6. The van der Waals surface area contributed by atoms with Crippen molar-refractivity contribution in [2.75, 3.05) is 32.7 Å². The molecule has 162 valence electrons. The van der Waals surface area contributed by atoms with Crippen LogP contribution < -0.4 is 0 Å². The molecule has 2 atom stereocenters. The smallest absolute Gasteiger partial charge is 0.338 e. The van der Waals surface area contributed by atoms with Crippen LogP contribution in [0, 0.1) is 17.2 Å².